The van der Waals surface area contributed by atoms with Crippen LogP contribution < -0.4 is 5.32 Å². The Labute approximate surface area is 151 Å². The van der Waals surface area contributed by atoms with Crippen LogP contribution in [0.4, 0.5) is 5.69 Å². The van der Waals surface area contributed by atoms with E-state index in [-0.39, 0.29) is 28.8 Å². The Morgan fingerprint density at radius 1 is 1.04 bits per heavy atom. The fourth-order valence-corrected chi connectivity index (χ4v) is 4.07. The molecule has 0 radical (unpaired) electrons. The number of sulfone groups is 1. The molecule has 1 aliphatic heterocycles. The Balaban J connectivity index is 2.01. The van der Waals surface area contributed by atoms with E-state index in [1.165, 1.54) is 13.0 Å². The number of carbonyl (C=O) groups excluding carboxylic acids is 2. The molecule has 2 aromatic rings. The first-order valence-corrected chi connectivity index (χ1v) is 9.61. The SMILES string of the molecule is CC(=O)c1cccc(NC(=O)C2=C(c3ccccc3)S(=O)(=O)CCO2)c1. The predicted octanol–water partition coefficient (Wildman–Crippen LogP) is 2.64. The number of hydrogen-bond acceptors (Lipinski definition) is 5. The number of hydrogen-bond donors (Lipinski definition) is 1. The molecule has 2 aromatic carbocycles. The molecule has 0 bridgehead atoms. The maximum absolute atomic E-state index is 12.7. The summed E-state index contributed by atoms with van der Waals surface area (Å²) in [6.45, 7) is 1.34. The average molecular weight is 371 g/mol. The number of carbonyl (C=O) groups is 2. The molecule has 0 spiro atoms. The van der Waals surface area contributed by atoms with Crippen molar-refractivity contribution in [2.24, 2.45) is 0 Å². The van der Waals surface area contributed by atoms with Crippen LogP contribution in [0, 0.1) is 0 Å². The van der Waals surface area contributed by atoms with Crippen molar-refractivity contribution < 1.29 is 22.7 Å². The molecule has 134 valence electrons. The van der Waals surface area contributed by atoms with Crippen LogP contribution in [-0.2, 0) is 19.4 Å². The molecule has 0 aliphatic carbocycles. The Morgan fingerprint density at radius 2 is 1.77 bits per heavy atom. The van der Waals surface area contributed by atoms with E-state index >= 15 is 0 Å². The third kappa shape index (κ3) is 3.67. The zero-order valence-electron chi connectivity index (χ0n) is 14.1. The lowest BCUT2D eigenvalue weighted by Crippen LogP contribution is -2.28. The Hall–Kier alpha value is -2.93. The van der Waals surface area contributed by atoms with Crippen molar-refractivity contribution in [3.63, 3.8) is 0 Å². The molecule has 0 fully saturated rings. The van der Waals surface area contributed by atoms with Crippen molar-refractivity contribution in [3.8, 4) is 0 Å². The molecular weight excluding hydrogens is 354 g/mol. The highest BCUT2D eigenvalue weighted by Gasteiger charge is 2.33. The van der Waals surface area contributed by atoms with Gasteiger partial charge in [0.1, 0.15) is 11.5 Å². The number of rotatable bonds is 4. The summed E-state index contributed by atoms with van der Waals surface area (Å²) in [4.78, 5) is 24.0. The second-order valence-electron chi connectivity index (χ2n) is 5.78. The molecule has 1 N–H and O–H groups in total. The largest absolute Gasteiger partial charge is 0.486 e. The van der Waals surface area contributed by atoms with Gasteiger partial charge in [-0.2, -0.15) is 0 Å². The third-order valence-electron chi connectivity index (χ3n) is 3.88. The number of ether oxygens (including phenoxy) is 1. The van der Waals surface area contributed by atoms with Gasteiger partial charge in [0.25, 0.3) is 5.91 Å². The van der Waals surface area contributed by atoms with E-state index in [9.17, 15) is 18.0 Å². The van der Waals surface area contributed by atoms with Crippen LogP contribution >= 0.6 is 0 Å². The summed E-state index contributed by atoms with van der Waals surface area (Å²) in [5, 5.41) is 2.61. The van der Waals surface area contributed by atoms with E-state index < -0.39 is 15.7 Å². The maximum Gasteiger partial charge on any atom is 0.292 e. The van der Waals surface area contributed by atoms with Gasteiger partial charge in [0.05, 0.1) is 5.75 Å². The van der Waals surface area contributed by atoms with Gasteiger partial charge in [-0.25, -0.2) is 8.42 Å². The third-order valence-corrected chi connectivity index (χ3v) is 5.63. The van der Waals surface area contributed by atoms with Gasteiger partial charge in [-0.1, -0.05) is 42.5 Å². The van der Waals surface area contributed by atoms with Crippen molar-refractivity contribution in [2.75, 3.05) is 17.7 Å². The smallest absolute Gasteiger partial charge is 0.292 e. The molecule has 0 unspecified atom stereocenters. The average Bonchev–Trinajstić information content (AvgIpc) is 2.61. The van der Waals surface area contributed by atoms with E-state index in [0.717, 1.165) is 0 Å². The fourth-order valence-electron chi connectivity index (χ4n) is 2.63. The number of nitrogens with one attached hydrogen (secondary N) is 1. The van der Waals surface area contributed by atoms with Gasteiger partial charge in [0.2, 0.25) is 5.76 Å². The van der Waals surface area contributed by atoms with Crippen LogP contribution in [0.5, 0.6) is 0 Å². The van der Waals surface area contributed by atoms with Crippen molar-refractivity contribution in [1.82, 2.24) is 0 Å². The zero-order valence-corrected chi connectivity index (χ0v) is 14.9. The Morgan fingerprint density at radius 3 is 2.46 bits per heavy atom. The van der Waals surface area contributed by atoms with Crippen LogP contribution in [0.1, 0.15) is 22.8 Å². The summed E-state index contributed by atoms with van der Waals surface area (Å²) in [6.07, 6.45) is 0. The maximum atomic E-state index is 12.7. The quantitative estimate of drug-likeness (QED) is 0.835. The molecule has 7 heteroatoms. The van der Waals surface area contributed by atoms with Crippen molar-refractivity contribution in [3.05, 3.63) is 71.5 Å². The van der Waals surface area contributed by atoms with Crippen LogP contribution in [0.2, 0.25) is 0 Å². The Bertz CT molecular complexity index is 994. The van der Waals surface area contributed by atoms with Gasteiger partial charge in [-0.3, -0.25) is 9.59 Å². The summed E-state index contributed by atoms with van der Waals surface area (Å²) >= 11 is 0. The minimum Gasteiger partial charge on any atom is -0.486 e. The van der Waals surface area contributed by atoms with Crippen molar-refractivity contribution in [2.45, 2.75) is 6.92 Å². The summed E-state index contributed by atoms with van der Waals surface area (Å²) < 4.78 is 30.5. The van der Waals surface area contributed by atoms with Crippen LogP contribution in [0.15, 0.2) is 60.4 Å². The zero-order chi connectivity index (χ0) is 18.7. The highest BCUT2D eigenvalue weighted by Crippen LogP contribution is 2.30. The summed E-state index contributed by atoms with van der Waals surface area (Å²) in [7, 11) is -3.64. The van der Waals surface area contributed by atoms with Gasteiger partial charge in [0, 0.05) is 11.3 Å². The lowest BCUT2D eigenvalue weighted by atomic mass is 10.1. The van der Waals surface area contributed by atoms with Crippen molar-refractivity contribution in [1.29, 1.82) is 0 Å². The van der Waals surface area contributed by atoms with E-state index in [0.29, 0.717) is 16.8 Å². The molecule has 0 aromatic heterocycles. The first-order valence-electron chi connectivity index (χ1n) is 7.96. The lowest BCUT2D eigenvalue weighted by Gasteiger charge is -2.21. The monoisotopic (exact) mass is 371 g/mol. The fraction of sp³-hybridized carbons (Fsp3) is 0.158. The summed E-state index contributed by atoms with van der Waals surface area (Å²) in [6, 6.07) is 14.8. The standard InChI is InChI=1S/C19H17NO5S/c1-13(21)15-8-5-9-16(12-15)20-19(22)17-18(14-6-3-2-4-7-14)26(23,24)11-10-25-17/h2-9,12H,10-11H2,1H3,(H,20,22). The van der Waals surface area contributed by atoms with Crippen LogP contribution in [-0.4, -0.2) is 32.5 Å². The lowest BCUT2D eigenvalue weighted by molar-refractivity contribution is -0.115. The molecular formula is C19H17NO5S. The van der Waals surface area contributed by atoms with Gasteiger partial charge >= 0.3 is 0 Å². The number of benzene rings is 2. The molecule has 1 aliphatic rings. The highest BCUT2D eigenvalue weighted by atomic mass is 32.2. The Kier molecular flexibility index (Phi) is 4.90. The molecule has 26 heavy (non-hydrogen) atoms. The molecule has 1 amide bonds. The number of ketones is 1. The van der Waals surface area contributed by atoms with Crippen molar-refractivity contribution >= 4 is 32.1 Å². The number of amides is 1. The predicted molar refractivity (Wildman–Crippen MR) is 98.2 cm³/mol. The van der Waals surface area contributed by atoms with Gasteiger partial charge < -0.3 is 10.1 Å². The van der Waals surface area contributed by atoms with E-state index in [2.05, 4.69) is 5.32 Å². The van der Waals surface area contributed by atoms with Gasteiger partial charge in [-0.05, 0) is 24.6 Å². The highest BCUT2D eigenvalue weighted by molar-refractivity contribution is 8.00. The minimum atomic E-state index is -3.64. The van der Waals surface area contributed by atoms with Gasteiger partial charge in [0.15, 0.2) is 15.6 Å². The molecule has 0 atom stereocenters. The summed E-state index contributed by atoms with van der Waals surface area (Å²) in [5.41, 5.74) is 1.22. The topological polar surface area (TPSA) is 89.5 Å². The van der Waals surface area contributed by atoms with E-state index in [1.807, 2.05) is 0 Å². The van der Waals surface area contributed by atoms with Crippen LogP contribution in [0.3, 0.4) is 0 Å². The second-order valence-corrected chi connectivity index (χ2v) is 7.83. The van der Waals surface area contributed by atoms with Gasteiger partial charge in [-0.15, -0.1) is 0 Å². The second kappa shape index (κ2) is 7.13. The first-order chi connectivity index (χ1) is 12.4. The van der Waals surface area contributed by atoms with Crippen LogP contribution in [0.25, 0.3) is 4.91 Å². The normalized spacial score (nSPS) is 15.9. The molecule has 0 saturated heterocycles. The molecule has 0 saturated carbocycles. The molecule has 6 nitrogen and oxygen atoms in total. The molecule has 1 heterocycles. The number of anilines is 1. The minimum absolute atomic E-state index is 0.0884. The molecule has 3 rings (SSSR count). The first kappa shape index (κ1) is 17.9. The van der Waals surface area contributed by atoms with E-state index in [4.69, 9.17) is 4.74 Å². The summed E-state index contributed by atoms with van der Waals surface area (Å²) in [5.74, 6) is -1.24. The van der Waals surface area contributed by atoms with E-state index in [1.54, 1.807) is 48.5 Å². The number of Topliss-reactive ketones (excluding diaryl/α,β-unsaturated/α-hetero) is 1.